The number of rotatable bonds is 3. The third-order valence-electron chi connectivity index (χ3n) is 5.10. The molecular formula is C13H22. The van der Waals surface area contributed by atoms with Gasteiger partial charge in [0.1, 0.15) is 0 Å². The van der Waals surface area contributed by atoms with Crippen molar-refractivity contribution < 1.29 is 0 Å². The van der Waals surface area contributed by atoms with E-state index in [1.54, 1.807) is 25.7 Å². The van der Waals surface area contributed by atoms with E-state index in [9.17, 15) is 0 Å². The maximum atomic E-state index is 2.46. The van der Waals surface area contributed by atoms with Gasteiger partial charge in [0.2, 0.25) is 0 Å². The molecular weight excluding hydrogens is 156 g/mol. The van der Waals surface area contributed by atoms with E-state index in [0.717, 1.165) is 23.7 Å². The molecule has 0 aromatic carbocycles. The fourth-order valence-electron chi connectivity index (χ4n) is 3.51. The summed E-state index contributed by atoms with van der Waals surface area (Å²) in [5.41, 5.74) is 0. The van der Waals surface area contributed by atoms with Crippen LogP contribution in [0.1, 0.15) is 46.0 Å². The Balaban J connectivity index is 1.45. The molecule has 13 heavy (non-hydrogen) atoms. The Kier molecular flexibility index (Phi) is 1.76. The monoisotopic (exact) mass is 178 g/mol. The summed E-state index contributed by atoms with van der Waals surface area (Å²) in [6.07, 6.45) is 7.81. The lowest BCUT2D eigenvalue weighted by atomic mass is 9.71. The molecule has 0 aromatic rings. The van der Waals surface area contributed by atoms with Gasteiger partial charge in [-0.15, -0.1) is 0 Å². The van der Waals surface area contributed by atoms with Crippen LogP contribution in [0.5, 0.6) is 0 Å². The van der Waals surface area contributed by atoms with Gasteiger partial charge in [0.15, 0.2) is 0 Å². The van der Waals surface area contributed by atoms with Crippen molar-refractivity contribution in [3.05, 3.63) is 0 Å². The van der Waals surface area contributed by atoms with E-state index in [1.165, 1.54) is 18.3 Å². The molecule has 0 amide bonds. The average Bonchev–Trinajstić information content (AvgIpc) is 2.94. The van der Waals surface area contributed by atoms with Gasteiger partial charge in [-0.3, -0.25) is 0 Å². The quantitative estimate of drug-likeness (QED) is 0.618. The predicted molar refractivity (Wildman–Crippen MR) is 55.4 cm³/mol. The SMILES string of the molecule is CC1CC1CC1CC1C1CCC1C. The molecule has 74 valence electrons. The summed E-state index contributed by atoms with van der Waals surface area (Å²) in [7, 11) is 0. The van der Waals surface area contributed by atoms with Gasteiger partial charge in [-0.05, 0) is 61.2 Å². The van der Waals surface area contributed by atoms with Gasteiger partial charge in [-0.25, -0.2) is 0 Å². The van der Waals surface area contributed by atoms with Crippen LogP contribution in [0.4, 0.5) is 0 Å². The van der Waals surface area contributed by atoms with Crippen LogP contribution in [0.15, 0.2) is 0 Å². The summed E-state index contributed by atoms with van der Waals surface area (Å²) in [6.45, 7) is 4.89. The molecule has 3 aliphatic rings. The van der Waals surface area contributed by atoms with Gasteiger partial charge < -0.3 is 0 Å². The molecule has 3 fully saturated rings. The van der Waals surface area contributed by atoms with Crippen LogP contribution in [0.2, 0.25) is 0 Å². The molecule has 3 rings (SSSR count). The van der Waals surface area contributed by atoms with Crippen molar-refractivity contribution in [1.29, 1.82) is 0 Å². The van der Waals surface area contributed by atoms with Crippen molar-refractivity contribution in [1.82, 2.24) is 0 Å². The second-order valence-electron chi connectivity index (χ2n) is 6.09. The second kappa shape index (κ2) is 2.74. The minimum atomic E-state index is 1.08. The lowest BCUT2D eigenvalue weighted by Crippen LogP contribution is -2.25. The molecule has 0 aliphatic heterocycles. The van der Waals surface area contributed by atoms with Crippen LogP contribution in [-0.2, 0) is 0 Å². The van der Waals surface area contributed by atoms with Crippen LogP contribution in [0.3, 0.4) is 0 Å². The molecule has 0 radical (unpaired) electrons. The Morgan fingerprint density at radius 3 is 2.08 bits per heavy atom. The topological polar surface area (TPSA) is 0 Å². The van der Waals surface area contributed by atoms with Gasteiger partial charge in [0, 0.05) is 0 Å². The highest BCUT2D eigenvalue weighted by molar-refractivity contribution is 4.99. The van der Waals surface area contributed by atoms with E-state index in [4.69, 9.17) is 0 Å². The van der Waals surface area contributed by atoms with Crippen LogP contribution in [0, 0.1) is 35.5 Å². The highest BCUT2D eigenvalue weighted by Gasteiger charge is 2.50. The molecule has 3 saturated carbocycles. The van der Waals surface area contributed by atoms with Crippen molar-refractivity contribution in [2.45, 2.75) is 46.0 Å². The van der Waals surface area contributed by atoms with Gasteiger partial charge in [-0.2, -0.15) is 0 Å². The first-order chi connectivity index (χ1) is 6.25. The Labute approximate surface area is 82.1 Å². The number of hydrogen-bond acceptors (Lipinski definition) is 0. The Hall–Kier alpha value is 0. The van der Waals surface area contributed by atoms with Crippen LogP contribution in [0.25, 0.3) is 0 Å². The molecule has 6 unspecified atom stereocenters. The first-order valence-electron chi connectivity index (χ1n) is 6.25. The van der Waals surface area contributed by atoms with E-state index >= 15 is 0 Å². The van der Waals surface area contributed by atoms with Gasteiger partial charge in [0.05, 0.1) is 0 Å². The number of hydrogen-bond donors (Lipinski definition) is 0. The molecule has 0 heteroatoms. The van der Waals surface area contributed by atoms with Gasteiger partial charge in [0.25, 0.3) is 0 Å². The van der Waals surface area contributed by atoms with Crippen molar-refractivity contribution in [2.24, 2.45) is 35.5 Å². The van der Waals surface area contributed by atoms with E-state index in [2.05, 4.69) is 13.8 Å². The van der Waals surface area contributed by atoms with Crippen LogP contribution < -0.4 is 0 Å². The summed E-state index contributed by atoms with van der Waals surface area (Å²) in [4.78, 5) is 0. The fourth-order valence-corrected chi connectivity index (χ4v) is 3.51. The van der Waals surface area contributed by atoms with Crippen molar-refractivity contribution in [2.75, 3.05) is 0 Å². The fraction of sp³-hybridized carbons (Fsp3) is 1.00. The first-order valence-corrected chi connectivity index (χ1v) is 6.25. The summed E-state index contributed by atoms with van der Waals surface area (Å²) in [5, 5.41) is 0. The molecule has 0 N–H and O–H groups in total. The molecule has 0 aromatic heterocycles. The molecule has 0 spiro atoms. The summed E-state index contributed by atoms with van der Waals surface area (Å²) in [6, 6.07) is 0. The lowest BCUT2D eigenvalue weighted by Gasteiger charge is -2.34. The molecule has 3 aliphatic carbocycles. The molecule has 0 nitrogen and oxygen atoms in total. The zero-order valence-electron chi connectivity index (χ0n) is 9.00. The predicted octanol–water partition coefficient (Wildman–Crippen LogP) is 3.71. The third kappa shape index (κ3) is 1.43. The highest BCUT2D eigenvalue weighted by Crippen LogP contribution is 2.58. The molecule has 0 bridgehead atoms. The highest BCUT2D eigenvalue weighted by atomic mass is 14.5. The molecule has 0 heterocycles. The average molecular weight is 178 g/mol. The molecule has 0 saturated heterocycles. The van der Waals surface area contributed by atoms with Crippen LogP contribution >= 0.6 is 0 Å². The summed E-state index contributed by atoms with van der Waals surface area (Å²) in [5.74, 6) is 6.80. The molecule has 6 atom stereocenters. The van der Waals surface area contributed by atoms with E-state index < -0.39 is 0 Å². The van der Waals surface area contributed by atoms with Gasteiger partial charge >= 0.3 is 0 Å². The summed E-state index contributed by atoms with van der Waals surface area (Å²) >= 11 is 0. The zero-order valence-corrected chi connectivity index (χ0v) is 9.00. The van der Waals surface area contributed by atoms with Crippen LogP contribution in [-0.4, -0.2) is 0 Å². The Bertz CT molecular complexity index is 208. The summed E-state index contributed by atoms with van der Waals surface area (Å²) < 4.78 is 0. The first kappa shape index (κ1) is 8.32. The Morgan fingerprint density at radius 1 is 0.846 bits per heavy atom. The van der Waals surface area contributed by atoms with Crippen molar-refractivity contribution >= 4 is 0 Å². The minimum absolute atomic E-state index is 1.08. The van der Waals surface area contributed by atoms with E-state index in [0.29, 0.717) is 0 Å². The van der Waals surface area contributed by atoms with Crippen molar-refractivity contribution in [3.8, 4) is 0 Å². The van der Waals surface area contributed by atoms with E-state index in [-0.39, 0.29) is 0 Å². The maximum absolute atomic E-state index is 2.46. The van der Waals surface area contributed by atoms with Gasteiger partial charge in [-0.1, -0.05) is 20.3 Å². The standard InChI is InChI=1S/C13H22/c1-8-3-4-12(8)13-7-11(13)6-10-5-9(10)2/h8-13H,3-7H2,1-2H3. The Morgan fingerprint density at radius 2 is 1.62 bits per heavy atom. The van der Waals surface area contributed by atoms with Crippen molar-refractivity contribution in [3.63, 3.8) is 0 Å². The maximum Gasteiger partial charge on any atom is -0.0352 e. The minimum Gasteiger partial charge on any atom is -0.0622 e. The zero-order chi connectivity index (χ0) is 9.00. The lowest BCUT2D eigenvalue weighted by molar-refractivity contribution is 0.159. The largest absolute Gasteiger partial charge is 0.0622 e. The van der Waals surface area contributed by atoms with E-state index in [1.807, 2.05) is 0 Å². The third-order valence-corrected chi connectivity index (χ3v) is 5.10. The smallest absolute Gasteiger partial charge is 0.0352 e. The normalized spacial score (nSPS) is 58.6. The second-order valence-corrected chi connectivity index (χ2v) is 6.09.